The minimum absolute atomic E-state index is 0.169. The molecule has 5 heteroatoms. The Labute approximate surface area is 136 Å². The number of likely N-dealkylation sites (tertiary alicyclic amines) is 1. The fourth-order valence-corrected chi connectivity index (χ4v) is 3.60. The molecule has 2 fully saturated rings. The molecule has 0 radical (unpaired) electrons. The number of hydrogen-bond acceptors (Lipinski definition) is 3. The molecule has 1 N–H and O–H groups in total. The maximum absolute atomic E-state index is 12.4. The van der Waals surface area contributed by atoms with Gasteiger partial charge in [-0.15, -0.1) is 0 Å². The van der Waals surface area contributed by atoms with E-state index in [1.807, 2.05) is 31.2 Å². The van der Waals surface area contributed by atoms with Crippen molar-refractivity contribution in [3.63, 3.8) is 0 Å². The second-order valence-electron chi connectivity index (χ2n) is 6.36. The predicted molar refractivity (Wildman–Crippen MR) is 86.6 cm³/mol. The third-order valence-corrected chi connectivity index (χ3v) is 4.85. The van der Waals surface area contributed by atoms with Crippen molar-refractivity contribution in [2.45, 2.75) is 39.0 Å². The molecule has 122 valence electrons. The number of carbonyl (C=O) groups is 3. The molecule has 1 heterocycles. The number of aryl methyl sites for hydroxylation is 1. The van der Waals surface area contributed by atoms with Crippen LogP contribution in [-0.2, 0) is 20.8 Å². The molecule has 1 saturated carbocycles. The Morgan fingerprint density at radius 1 is 1.17 bits per heavy atom. The Morgan fingerprint density at radius 3 is 2.43 bits per heavy atom. The molecule has 3 amide bonds. The van der Waals surface area contributed by atoms with Crippen LogP contribution in [-0.4, -0.2) is 29.2 Å². The van der Waals surface area contributed by atoms with Crippen molar-refractivity contribution in [3.8, 4) is 0 Å². The lowest BCUT2D eigenvalue weighted by molar-refractivity contribution is -0.142. The molecule has 5 nitrogen and oxygen atoms in total. The quantitative estimate of drug-likeness (QED) is 0.868. The maximum Gasteiger partial charge on any atom is 0.244 e. The van der Waals surface area contributed by atoms with E-state index in [1.165, 1.54) is 0 Å². The van der Waals surface area contributed by atoms with Gasteiger partial charge < -0.3 is 5.32 Å². The van der Waals surface area contributed by atoms with E-state index in [9.17, 15) is 14.4 Å². The van der Waals surface area contributed by atoms with Gasteiger partial charge in [0.25, 0.3) is 0 Å². The summed E-state index contributed by atoms with van der Waals surface area (Å²) in [6.07, 6.45) is 4.40. The number of nitrogens with one attached hydrogen (secondary N) is 1. The Hall–Kier alpha value is -2.17. The van der Waals surface area contributed by atoms with Gasteiger partial charge in [0.1, 0.15) is 6.54 Å². The largest absolute Gasteiger partial charge is 0.325 e. The van der Waals surface area contributed by atoms with Crippen LogP contribution in [0.3, 0.4) is 0 Å². The van der Waals surface area contributed by atoms with Crippen molar-refractivity contribution < 1.29 is 14.4 Å². The molecule has 0 spiro atoms. The minimum Gasteiger partial charge on any atom is -0.325 e. The summed E-state index contributed by atoms with van der Waals surface area (Å²) in [6, 6.07) is 7.60. The smallest absolute Gasteiger partial charge is 0.244 e. The van der Waals surface area contributed by atoms with E-state index < -0.39 is 0 Å². The van der Waals surface area contributed by atoms with E-state index in [0.29, 0.717) is 5.69 Å². The molecule has 2 atom stereocenters. The van der Waals surface area contributed by atoms with Crippen LogP contribution in [0.2, 0.25) is 0 Å². The molecule has 0 aromatic heterocycles. The number of hydrogen-bond donors (Lipinski definition) is 1. The third-order valence-electron chi connectivity index (χ3n) is 4.85. The lowest BCUT2D eigenvalue weighted by Gasteiger charge is -2.19. The monoisotopic (exact) mass is 314 g/mol. The fourth-order valence-electron chi connectivity index (χ4n) is 3.60. The number of fused-ring (bicyclic) bond motifs is 1. The van der Waals surface area contributed by atoms with Crippen molar-refractivity contribution in [3.05, 3.63) is 29.8 Å². The Morgan fingerprint density at radius 2 is 1.83 bits per heavy atom. The van der Waals surface area contributed by atoms with Crippen molar-refractivity contribution in [1.29, 1.82) is 0 Å². The lowest BCUT2D eigenvalue weighted by Crippen LogP contribution is -2.38. The molecule has 1 aliphatic carbocycles. The van der Waals surface area contributed by atoms with E-state index in [2.05, 4.69) is 5.32 Å². The second-order valence-corrected chi connectivity index (χ2v) is 6.36. The molecular formula is C18H22N2O3. The summed E-state index contributed by atoms with van der Waals surface area (Å²) in [5.74, 6) is -1.06. The van der Waals surface area contributed by atoms with Crippen LogP contribution in [0.5, 0.6) is 0 Å². The lowest BCUT2D eigenvalue weighted by atomic mass is 9.81. The van der Waals surface area contributed by atoms with Gasteiger partial charge in [-0.1, -0.05) is 31.9 Å². The van der Waals surface area contributed by atoms with Gasteiger partial charge in [-0.3, -0.25) is 19.3 Å². The first-order valence-electron chi connectivity index (χ1n) is 8.34. The molecule has 3 rings (SSSR count). The van der Waals surface area contributed by atoms with Gasteiger partial charge in [0, 0.05) is 5.69 Å². The summed E-state index contributed by atoms with van der Waals surface area (Å²) < 4.78 is 0. The molecule has 0 bridgehead atoms. The van der Waals surface area contributed by atoms with Crippen LogP contribution in [0.15, 0.2) is 24.3 Å². The molecular weight excluding hydrogens is 292 g/mol. The summed E-state index contributed by atoms with van der Waals surface area (Å²) in [5.41, 5.74) is 1.83. The third kappa shape index (κ3) is 3.14. The predicted octanol–water partition coefficient (Wildman–Crippen LogP) is 2.36. The van der Waals surface area contributed by atoms with Gasteiger partial charge in [-0.25, -0.2) is 0 Å². The zero-order valence-electron chi connectivity index (χ0n) is 13.4. The number of benzene rings is 1. The minimum atomic E-state index is -0.321. The number of rotatable bonds is 4. The van der Waals surface area contributed by atoms with E-state index in [4.69, 9.17) is 0 Å². The normalized spacial score (nSPS) is 23.8. The molecule has 23 heavy (non-hydrogen) atoms. The molecule has 1 saturated heterocycles. The van der Waals surface area contributed by atoms with Gasteiger partial charge in [0.2, 0.25) is 17.7 Å². The van der Waals surface area contributed by atoms with E-state index in [-0.39, 0.29) is 36.1 Å². The number of nitrogens with zero attached hydrogens (tertiary/aromatic N) is 1. The van der Waals surface area contributed by atoms with Gasteiger partial charge in [0.15, 0.2) is 0 Å². The number of carbonyl (C=O) groups excluding carboxylic acids is 3. The summed E-state index contributed by atoms with van der Waals surface area (Å²) in [5, 5.41) is 2.78. The van der Waals surface area contributed by atoms with E-state index >= 15 is 0 Å². The van der Waals surface area contributed by atoms with E-state index in [1.54, 1.807) is 0 Å². The topological polar surface area (TPSA) is 66.5 Å². The van der Waals surface area contributed by atoms with E-state index in [0.717, 1.165) is 42.6 Å². The SMILES string of the molecule is CCc1cccc(NC(=O)CN2C(=O)C3CCCCC3C2=O)c1. The highest BCUT2D eigenvalue weighted by Crippen LogP contribution is 2.37. The molecule has 1 aliphatic heterocycles. The summed E-state index contributed by atoms with van der Waals surface area (Å²) in [7, 11) is 0. The summed E-state index contributed by atoms with van der Waals surface area (Å²) in [6.45, 7) is 1.87. The highest BCUT2D eigenvalue weighted by molar-refractivity contribution is 6.08. The average Bonchev–Trinajstić information content (AvgIpc) is 2.80. The number of anilines is 1. The first kappa shape index (κ1) is 15.7. The molecule has 2 aliphatic rings. The van der Waals surface area contributed by atoms with Crippen LogP contribution >= 0.6 is 0 Å². The second kappa shape index (κ2) is 6.52. The van der Waals surface area contributed by atoms with Crippen molar-refractivity contribution in [1.82, 2.24) is 4.90 Å². The first-order valence-corrected chi connectivity index (χ1v) is 8.34. The Balaban J connectivity index is 1.65. The highest BCUT2D eigenvalue weighted by atomic mass is 16.2. The van der Waals surface area contributed by atoms with Crippen LogP contribution in [0, 0.1) is 11.8 Å². The molecule has 1 aromatic rings. The first-order chi connectivity index (χ1) is 11.1. The summed E-state index contributed by atoms with van der Waals surface area (Å²) in [4.78, 5) is 38.1. The zero-order chi connectivity index (χ0) is 16.4. The summed E-state index contributed by atoms with van der Waals surface area (Å²) >= 11 is 0. The van der Waals surface area contributed by atoms with Crippen LogP contribution in [0.4, 0.5) is 5.69 Å². The number of amides is 3. The maximum atomic E-state index is 12.4. The standard InChI is InChI=1S/C18H22N2O3/c1-2-12-6-5-7-13(10-12)19-16(21)11-20-17(22)14-8-3-4-9-15(14)18(20)23/h5-7,10,14-15H,2-4,8-9,11H2,1H3,(H,19,21). The van der Waals surface area contributed by atoms with Crippen LogP contribution < -0.4 is 5.32 Å². The van der Waals surface area contributed by atoms with Gasteiger partial charge in [0.05, 0.1) is 11.8 Å². The number of imide groups is 1. The van der Waals surface area contributed by atoms with Gasteiger partial charge in [-0.2, -0.15) is 0 Å². The fraction of sp³-hybridized carbons (Fsp3) is 0.500. The highest BCUT2D eigenvalue weighted by Gasteiger charge is 2.48. The van der Waals surface area contributed by atoms with Gasteiger partial charge in [-0.05, 0) is 37.0 Å². The molecule has 1 aromatic carbocycles. The van der Waals surface area contributed by atoms with Crippen molar-refractivity contribution in [2.75, 3.05) is 11.9 Å². The van der Waals surface area contributed by atoms with Crippen molar-refractivity contribution in [2.24, 2.45) is 11.8 Å². The van der Waals surface area contributed by atoms with Gasteiger partial charge >= 0.3 is 0 Å². The van der Waals surface area contributed by atoms with Crippen molar-refractivity contribution >= 4 is 23.4 Å². The average molecular weight is 314 g/mol. The Bertz CT molecular complexity index is 617. The molecule has 2 unspecified atom stereocenters. The van der Waals surface area contributed by atoms with Crippen LogP contribution in [0.25, 0.3) is 0 Å². The van der Waals surface area contributed by atoms with Crippen LogP contribution in [0.1, 0.15) is 38.2 Å². The zero-order valence-corrected chi connectivity index (χ0v) is 13.4. The Kier molecular flexibility index (Phi) is 4.46.